The van der Waals surface area contributed by atoms with Crippen LogP contribution in [0.5, 0.6) is 0 Å². The van der Waals surface area contributed by atoms with Gasteiger partial charge < -0.3 is 14.6 Å². The first-order chi connectivity index (χ1) is 14.1. The molecule has 2 aromatic heterocycles. The Balaban J connectivity index is 1.43. The molecule has 1 N–H and O–H groups in total. The van der Waals surface area contributed by atoms with E-state index in [4.69, 9.17) is 9.26 Å². The zero-order valence-corrected chi connectivity index (χ0v) is 17.4. The number of nitrogens with one attached hydrogen (secondary N) is 1. The lowest BCUT2D eigenvalue weighted by Crippen LogP contribution is -2.26. The molecule has 1 unspecified atom stereocenters. The van der Waals surface area contributed by atoms with Crippen molar-refractivity contribution in [3.63, 3.8) is 0 Å². The third kappa shape index (κ3) is 6.44. The molecule has 3 rings (SSSR count). The molecular formula is C22H25N3O3S. The molecule has 0 bridgehead atoms. The molecule has 29 heavy (non-hydrogen) atoms. The van der Waals surface area contributed by atoms with Gasteiger partial charge >= 0.3 is 0 Å². The van der Waals surface area contributed by atoms with E-state index in [0.717, 1.165) is 23.4 Å². The molecule has 0 aliphatic heterocycles. The first kappa shape index (κ1) is 21.1. The third-order valence-electron chi connectivity index (χ3n) is 4.29. The average Bonchev–Trinajstić information content (AvgIpc) is 3.17. The molecule has 0 fully saturated rings. The first-order valence-electron chi connectivity index (χ1n) is 9.58. The zero-order valence-electron chi connectivity index (χ0n) is 16.6. The van der Waals surface area contributed by atoms with Crippen LogP contribution in [0, 0.1) is 6.92 Å². The highest BCUT2D eigenvalue weighted by molar-refractivity contribution is 7.98. The minimum Gasteiger partial charge on any atom is -0.374 e. The van der Waals surface area contributed by atoms with E-state index in [1.165, 1.54) is 11.8 Å². The number of thioether (sulfide) groups is 1. The quantitative estimate of drug-likeness (QED) is 0.389. The van der Waals surface area contributed by atoms with Crippen molar-refractivity contribution in [2.24, 2.45) is 0 Å². The summed E-state index contributed by atoms with van der Waals surface area (Å²) in [4.78, 5) is 16.9. The summed E-state index contributed by atoms with van der Waals surface area (Å²) < 4.78 is 10.9. The number of rotatable bonds is 10. The fourth-order valence-corrected chi connectivity index (χ4v) is 3.63. The van der Waals surface area contributed by atoms with Crippen molar-refractivity contribution in [1.82, 2.24) is 15.5 Å². The lowest BCUT2D eigenvalue weighted by molar-refractivity contribution is 0.0634. The topological polar surface area (TPSA) is 77.2 Å². The number of ether oxygens (including phenoxy) is 1. The van der Waals surface area contributed by atoms with Gasteiger partial charge in [-0.2, -0.15) is 0 Å². The largest absolute Gasteiger partial charge is 0.374 e. The van der Waals surface area contributed by atoms with Gasteiger partial charge in [-0.25, -0.2) is 4.98 Å². The summed E-state index contributed by atoms with van der Waals surface area (Å²) in [7, 11) is 0. The monoisotopic (exact) mass is 411 g/mol. The van der Waals surface area contributed by atoms with Crippen LogP contribution in [-0.4, -0.2) is 29.2 Å². The van der Waals surface area contributed by atoms with E-state index >= 15 is 0 Å². The van der Waals surface area contributed by atoms with Gasteiger partial charge in [0.1, 0.15) is 10.8 Å². The highest BCUT2D eigenvalue weighted by Gasteiger charge is 2.13. The van der Waals surface area contributed by atoms with Crippen LogP contribution in [0.25, 0.3) is 0 Å². The second kappa shape index (κ2) is 10.8. The highest BCUT2D eigenvalue weighted by Crippen LogP contribution is 2.24. The van der Waals surface area contributed by atoms with Gasteiger partial charge in [0.25, 0.3) is 5.91 Å². The van der Waals surface area contributed by atoms with E-state index < -0.39 is 0 Å². The second-order valence-corrected chi connectivity index (χ2v) is 7.57. The Morgan fingerprint density at radius 1 is 1.24 bits per heavy atom. The molecule has 0 saturated heterocycles. The van der Waals surface area contributed by atoms with Crippen LogP contribution < -0.4 is 5.32 Å². The summed E-state index contributed by atoms with van der Waals surface area (Å²) in [5, 5.41) is 7.60. The van der Waals surface area contributed by atoms with Gasteiger partial charge in [-0.3, -0.25) is 4.79 Å². The summed E-state index contributed by atoms with van der Waals surface area (Å²) in [5.74, 6) is 1.23. The van der Waals surface area contributed by atoms with Crippen molar-refractivity contribution >= 4 is 17.7 Å². The van der Waals surface area contributed by atoms with E-state index in [9.17, 15) is 4.79 Å². The average molecular weight is 412 g/mol. The number of hydrogen-bond acceptors (Lipinski definition) is 6. The molecule has 0 aliphatic rings. The van der Waals surface area contributed by atoms with Crippen molar-refractivity contribution in [2.45, 2.75) is 37.2 Å². The van der Waals surface area contributed by atoms with Crippen molar-refractivity contribution in [3.8, 4) is 0 Å². The molecule has 0 saturated carbocycles. The minimum absolute atomic E-state index is 0.0356. The lowest BCUT2D eigenvalue weighted by Gasteiger charge is -2.13. The van der Waals surface area contributed by atoms with Gasteiger partial charge in [-0.1, -0.05) is 47.3 Å². The fraction of sp³-hybridized carbons (Fsp3) is 0.318. The zero-order chi connectivity index (χ0) is 20.5. The van der Waals surface area contributed by atoms with Gasteiger partial charge in [-0.15, -0.1) is 0 Å². The Labute approximate surface area is 175 Å². The molecule has 6 nitrogen and oxygen atoms in total. The van der Waals surface area contributed by atoms with Crippen LogP contribution in [0.1, 0.15) is 46.8 Å². The Bertz CT molecular complexity index is 914. The molecule has 152 valence electrons. The molecule has 1 aromatic carbocycles. The maximum Gasteiger partial charge on any atom is 0.254 e. The highest BCUT2D eigenvalue weighted by atomic mass is 32.2. The molecule has 0 radical (unpaired) electrons. The number of aryl methyl sites for hydroxylation is 1. The Hall–Kier alpha value is -2.64. The van der Waals surface area contributed by atoms with Crippen LogP contribution in [-0.2, 0) is 10.5 Å². The van der Waals surface area contributed by atoms with E-state index in [2.05, 4.69) is 27.6 Å². The summed E-state index contributed by atoms with van der Waals surface area (Å²) >= 11 is 1.47. The van der Waals surface area contributed by atoms with E-state index in [-0.39, 0.29) is 12.0 Å². The van der Waals surface area contributed by atoms with E-state index in [1.54, 1.807) is 18.3 Å². The second-order valence-electron chi connectivity index (χ2n) is 6.61. The van der Waals surface area contributed by atoms with Crippen LogP contribution in [0.2, 0.25) is 0 Å². The summed E-state index contributed by atoms with van der Waals surface area (Å²) in [6.45, 7) is 5.01. The van der Waals surface area contributed by atoms with Crippen molar-refractivity contribution in [3.05, 3.63) is 77.3 Å². The third-order valence-corrected chi connectivity index (χ3v) is 5.33. The molecule has 1 atom stereocenters. The maximum atomic E-state index is 12.6. The number of carbonyl (C=O) groups excluding carboxylic acids is 1. The summed E-state index contributed by atoms with van der Waals surface area (Å²) in [6, 6.07) is 15.5. The van der Waals surface area contributed by atoms with E-state index in [1.807, 2.05) is 38.1 Å². The lowest BCUT2D eigenvalue weighted by atomic mass is 10.1. The number of nitrogens with zero attached hydrogens (tertiary/aromatic N) is 2. The van der Waals surface area contributed by atoms with Gasteiger partial charge in [0.15, 0.2) is 0 Å². The summed E-state index contributed by atoms with van der Waals surface area (Å²) in [5.41, 5.74) is 2.54. The van der Waals surface area contributed by atoms with Crippen LogP contribution >= 0.6 is 11.8 Å². The normalized spacial score (nSPS) is 11.9. The van der Waals surface area contributed by atoms with Crippen molar-refractivity contribution in [2.75, 3.05) is 13.2 Å². The standard InChI is InChI=1S/C22H25N3O3S/c1-16-14-19(25-28-16)15-29-22-20(10-6-11-24-22)21(26)23-12-7-13-27-17(2)18-8-4-3-5-9-18/h3-6,8-11,14,17H,7,12-13,15H2,1-2H3,(H,23,26). The smallest absolute Gasteiger partial charge is 0.254 e. The van der Waals surface area contributed by atoms with Gasteiger partial charge in [-0.05, 0) is 38.0 Å². The van der Waals surface area contributed by atoms with Gasteiger partial charge in [0.2, 0.25) is 0 Å². The van der Waals surface area contributed by atoms with Gasteiger partial charge in [0, 0.05) is 31.2 Å². The fourth-order valence-electron chi connectivity index (χ4n) is 2.76. The molecule has 1 amide bonds. The molecule has 3 aromatic rings. The predicted molar refractivity (Wildman–Crippen MR) is 113 cm³/mol. The molecule has 0 spiro atoms. The molecule has 0 aliphatic carbocycles. The number of aromatic nitrogens is 2. The Morgan fingerprint density at radius 3 is 2.83 bits per heavy atom. The number of hydrogen-bond donors (Lipinski definition) is 1. The SMILES string of the molecule is Cc1cc(CSc2ncccc2C(=O)NCCCOC(C)c2ccccc2)no1. The van der Waals surface area contributed by atoms with Crippen LogP contribution in [0.15, 0.2) is 64.3 Å². The molecule has 2 heterocycles. The Kier molecular flexibility index (Phi) is 7.84. The maximum absolute atomic E-state index is 12.6. The number of pyridine rings is 1. The Morgan fingerprint density at radius 2 is 2.07 bits per heavy atom. The van der Waals surface area contributed by atoms with E-state index in [0.29, 0.717) is 29.5 Å². The number of carbonyl (C=O) groups is 1. The predicted octanol–water partition coefficient (Wildman–Crippen LogP) is 4.57. The first-order valence-corrected chi connectivity index (χ1v) is 10.6. The number of benzene rings is 1. The van der Waals surface area contributed by atoms with Crippen molar-refractivity contribution in [1.29, 1.82) is 0 Å². The number of amides is 1. The molecule has 7 heteroatoms. The summed E-state index contributed by atoms with van der Waals surface area (Å²) in [6.07, 6.45) is 2.46. The van der Waals surface area contributed by atoms with Crippen molar-refractivity contribution < 1.29 is 14.1 Å². The minimum atomic E-state index is -0.131. The van der Waals surface area contributed by atoms with Crippen LogP contribution in [0.4, 0.5) is 0 Å². The molecular weight excluding hydrogens is 386 g/mol. The van der Waals surface area contributed by atoms with Crippen LogP contribution in [0.3, 0.4) is 0 Å². The van der Waals surface area contributed by atoms with Gasteiger partial charge in [0.05, 0.1) is 17.4 Å².